The average Bonchev–Trinajstić information content (AvgIpc) is 3.01. The first-order valence-electron chi connectivity index (χ1n) is 8.40. The van der Waals surface area contributed by atoms with E-state index in [-0.39, 0.29) is 11.9 Å². The van der Waals surface area contributed by atoms with E-state index in [2.05, 4.69) is 5.32 Å². The first-order valence-corrected chi connectivity index (χ1v) is 10.2. The summed E-state index contributed by atoms with van der Waals surface area (Å²) in [5.74, 6) is -1.45. The molecule has 136 valence electrons. The monoisotopic (exact) mass is 366 g/mol. The summed E-state index contributed by atoms with van der Waals surface area (Å²) in [5, 5.41) is 11.9. The lowest BCUT2D eigenvalue weighted by molar-refractivity contribution is -0.141. The number of sulfonamides is 1. The molecule has 1 fully saturated rings. The number of aliphatic carboxylic acids is 1. The summed E-state index contributed by atoms with van der Waals surface area (Å²) in [6.45, 7) is 0.454. The van der Waals surface area contributed by atoms with Crippen molar-refractivity contribution in [2.75, 3.05) is 17.1 Å². The van der Waals surface area contributed by atoms with Crippen molar-refractivity contribution in [2.24, 2.45) is 5.92 Å². The van der Waals surface area contributed by atoms with Crippen LogP contribution in [0.5, 0.6) is 0 Å². The number of fused-ring (bicyclic) bond motifs is 1. The predicted octanol–water partition coefficient (Wildman–Crippen LogP) is 1.38. The first kappa shape index (κ1) is 17.7. The Balaban J connectivity index is 1.74. The molecule has 1 saturated carbocycles. The highest BCUT2D eigenvalue weighted by atomic mass is 32.2. The molecule has 25 heavy (non-hydrogen) atoms. The molecule has 3 rings (SSSR count). The van der Waals surface area contributed by atoms with Crippen LogP contribution in [-0.4, -0.2) is 44.2 Å². The minimum Gasteiger partial charge on any atom is -0.481 e. The van der Waals surface area contributed by atoms with Crippen molar-refractivity contribution in [1.82, 2.24) is 5.32 Å². The Morgan fingerprint density at radius 1 is 1.28 bits per heavy atom. The molecule has 0 radical (unpaired) electrons. The van der Waals surface area contributed by atoms with Gasteiger partial charge in [0.2, 0.25) is 10.0 Å². The number of carbonyl (C=O) groups excluding carboxylic acids is 1. The molecule has 8 heteroatoms. The van der Waals surface area contributed by atoms with Gasteiger partial charge in [-0.15, -0.1) is 0 Å². The number of aryl methyl sites for hydroxylation is 1. The van der Waals surface area contributed by atoms with Crippen molar-refractivity contribution in [3.63, 3.8) is 0 Å². The molecule has 2 atom stereocenters. The molecule has 1 aromatic rings. The van der Waals surface area contributed by atoms with Crippen LogP contribution in [0, 0.1) is 5.92 Å². The summed E-state index contributed by atoms with van der Waals surface area (Å²) >= 11 is 0. The fourth-order valence-electron chi connectivity index (χ4n) is 3.65. The topological polar surface area (TPSA) is 104 Å². The molecule has 2 N–H and O–H groups in total. The molecule has 1 heterocycles. The standard InChI is InChI=1S/C17H22N2O5S/c1-25(23,24)19-8-2-3-11-9-12(5-7-15(11)19)16(20)18-14-6-4-13(10-14)17(21)22/h5,7,9,13-14H,2-4,6,8,10H2,1H3,(H,18,20)(H,21,22). The van der Waals surface area contributed by atoms with E-state index in [0.29, 0.717) is 43.5 Å². The zero-order chi connectivity index (χ0) is 18.2. The minimum atomic E-state index is -3.33. The van der Waals surface area contributed by atoms with Crippen molar-refractivity contribution in [3.8, 4) is 0 Å². The van der Waals surface area contributed by atoms with Gasteiger partial charge in [0.15, 0.2) is 0 Å². The van der Waals surface area contributed by atoms with Gasteiger partial charge in [-0.05, 0) is 55.9 Å². The Morgan fingerprint density at radius 3 is 2.68 bits per heavy atom. The predicted molar refractivity (Wildman–Crippen MR) is 93.2 cm³/mol. The van der Waals surface area contributed by atoms with E-state index >= 15 is 0 Å². The second-order valence-corrected chi connectivity index (χ2v) is 8.71. The first-order chi connectivity index (χ1) is 11.8. The Morgan fingerprint density at radius 2 is 2.04 bits per heavy atom. The number of amides is 1. The minimum absolute atomic E-state index is 0.128. The Labute approximate surface area is 147 Å². The van der Waals surface area contributed by atoms with Crippen molar-refractivity contribution < 1.29 is 23.1 Å². The van der Waals surface area contributed by atoms with E-state index in [1.807, 2.05) is 0 Å². The van der Waals surface area contributed by atoms with Crippen LogP contribution in [0.25, 0.3) is 0 Å². The zero-order valence-corrected chi connectivity index (χ0v) is 14.9. The van der Waals surface area contributed by atoms with E-state index in [9.17, 15) is 18.0 Å². The third-order valence-electron chi connectivity index (χ3n) is 4.94. The number of anilines is 1. The highest BCUT2D eigenvalue weighted by Crippen LogP contribution is 2.30. The quantitative estimate of drug-likeness (QED) is 0.838. The highest BCUT2D eigenvalue weighted by Gasteiger charge is 2.31. The van der Waals surface area contributed by atoms with Gasteiger partial charge < -0.3 is 10.4 Å². The number of benzene rings is 1. The number of carboxylic acid groups (broad SMARTS) is 1. The van der Waals surface area contributed by atoms with Crippen molar-refractivity contribution in [3.05, 3.63) is 29.3 Å². The molecule has 0 saturated heterocycles. The number of carbonyl (C=O) groups is 2. The molecule has 1 aliphatic carbocycles. The van der Waals surface area contributed by atoms with Crippen molar-refractivity contribution in [1.29, 1.82) is 0 Å². The summed E-state index contributed by atoms with van der Waals surface area (Å²) in [4.78, 5) is 23.5. The SMILES string of the molecule is CS(=O)(=O)N1CCCc2cc(C(=O)NC3CCC(C(=O)O)C3)ccc21. The van der Waals surface area contributed by atoms with Crippen LogP contribution < -0.4 is 9.62 Å². The maximum Gasteiger partial charge on any atom is 0.306 e. The van der Waals surface area contributed by atoms with Gasteiger partial charge in [0.25, 0.3) is 5.91 Å². The number of rotatable bonds is 4. The van der Waals surface area contributed by atoms with E-state index in [0.717, 1.165) is 12.0 Å². The number of hydrogen-bond acceptors (Lipinski definition) is 4. The van der Waals surface area contributed by atoms with Gasteiger partial charge in [-0.3, -0.25) is 13.9 Å². The van der Waals surface area contributed by atoms with Crippen LogP contribution in [0.1, 0.15) is 41.6 Å². The third kappa shape index (κ3) is 3.78. The fraction of sp³-hybridized carbons (Fsp3) is 0.529. The van der Waals surface area contributed by atoms with E-state index < -0.39 is 21.9 Å². The summed E-state index contributed by atoms with van der Waals surface area (Å²) in [6, 6.07) is 4.92. The molecule has 2 aliphatic rings. The van der Waals surface area contributed by atoms with Gasteiger partial charge in [0, 0.05) is 18.2 Å². The number of carboxylic acids is 1. The smallest absolute Gasteiger partial charge is 0.306 e. The zero-order valence-electron chi connectivity index (χ0n) is 14.1. The van der Waals surface area contributed by atoms with Crippen LogP contribution in [0.3, 0.4) is 0 Å². The normalized spacial score (nSPS) is 23.2. The highest BCUT2D eigenvalue weighted by molar-refractivity contribution is 7.92. The number of nitrogens with one attached hydrogen (secondary N) is 1. The second kappa shape index (κ2) is 6.67. The van der Waals surface area contributed by atoms with E-state index in [1.54, 1.807) is 18.2 Å². The van der Waals surface area contributed by atoms with Crippen LogP contribution in [0.4, 0.5) is 5.69 Å². The summed E-state index contributed by atoms with van der Waals surface area (Å²) in [7, 11) is -3.33. The Bertz CT molecular complexity index is 805. The molecule has 2 unspecified atom stereocenters. The second-order valence-electron chi connectivity index (χ2n) is 6.80. The van der Waals surface area contributed by atoms with Gasteiger partial charge in [0.05, 0.1) is 17.9 Å². The third-order valence-corrected chi connectivity index (χ3v) is 6.12. The molecule has 0 spiro atoms. The van der Waals surface area contributed by atoms with Crippen molar-refractivity contribution >= 4 is 27.6 Å². The Kier molecular flexibility index (Phi) is 4.73. The fourth-order valence-corrected chi connectivity index (χ4v) is 4.65. The summed E-state index contributed by atoms with van der Waals surface area (Å²) < 4.78 is 25.1. The van der Waals surface area contributed by atoms with Crippen molar-refractivity contribution in [2.45, 2.75) is 38.1 Å². The van der Waals surface area contributed by atoms with Crippen LogP contribution >= 0.6 is 0 Å². The van der Waals surface area contributed by atoms with Gasteiger partial charge >= 0.3 is 5.97 Å². The lowest BCUT2D eigenvalue weighted by Crippen LogP contribution is -2.35. The summed E-state index contributed by atoms with van der Waals surface area (Å²) in [6.07, 6.45) is 4.32. The van der Waals surface area contributed by atoms with Gasteiger partial charge in [-0.25, -0.2) is 8.42 Å². The molecular weight excluding hydrogens is 344 g/mol. The molecular formula is C17H22N2O5S. The lowest BCUT2D eigenvalue weighted by Gasteiger charge is -2.29. The molecule has 1 aromatic carbocycles. The largest absolute Gasteiger partial charge is 0.481 e. The maximum atomic E-state index is 12.5. The molecule has 7 nitrogen and oxygen atoms in total. The molecule has 0 bridgehead atoms. The summed E-state index contributed by atoms with van der Waals surface area (Å²) in [5.41, 5.74) is 1.96. The van der Waals surface area contributed by atoms with Crippen LogP contribution in [0.15, 0.2) is 18.2 Å². The van der Waals surface area contributed by atoms with Gasteiger partial charge in [-0.2, -0.15) is 0 Å². The lowest BCUT2D eigenvalue weighted by atomic mass is 10.0. The molecule has 1 amide bonds. The molecule has 1 aliphatic heterocycles. The van der Waals surface area contributed by atoms with E-state index in [1.165, 1.54) is 10.6 Å². The van der Waals surface area contributed by atoms with Crippen LogP contribution in [-0.2, 0) is 21.2 Å². The molecule has 0 aromatic heterocycles. The number of nitrogens with zero attached hydrogens (tertiary/aromatic N) is 1. The van der Waals surface area contributed by atoms with Crippen LogP contribution in [0.2, 0.25) is 0 Å². The Hall–Kier alpha value is -2.09. The average molecular weight is 366 g/mol. The van der Waals surface area contributed by atoms with Gasteiger partial charge in [-0.1, -0.05) is 0 Å². The maximum absolute atomic E-state index is 12.5. The van der Waals surface area contributed by atoms with Gasteiger partial charge in [0.1, 0.15) is 0 Å². The number of hydrogen-bond donors (Lipinski definition) is 2. The van der Waals surface area contributed by atoms with E-state index in [4.69, 9.17) is 5.11 Å².